The molecule has 2 aromatic heterocycles. The predicted octanol–water partition coefficient (Wildman–Crippen LogP) is 3.42. The number of guanidine groups is 1. The first-order chi connectivity index (χ1) is 12.2. The van der Waals surface area contributed by atoms with E-state index in [4.69, 9.17) is 4.42 Å². The summed E-state index contributed by atoms with van der Waals surface area (Å²) in [5.74, 6) is 3.25. The van der Waals surface area contributed by atoms with E-state index < -0.39 is 0 Å². The van der Waals surface area contributed by atoms with Gasteiger partial charge in [0.2, 0.25) is 0 Å². The molecule has 0 aliphatic rings. The normalized spacial score (nSPS) is 12.3. The monoisotopic (exact) mass is 466 g/mol. The molecule has 1 unspecified atom stereocenters. The number of aromatic nitrogens is 3. The van der Waals surface area contributed by atoms with Crippen molar-refractivity contribution < 1.29 is 4.42 Å². The lowest BCUT2D eigenvalue weighted by molar-refractivity contribution is 0.441. The fourth-order valence-electron chi connectivity index (χ4n) is 2.52. The van der Waals surface area contributed by atoms with Crippen LogP contribution in [0.4, 0.5) is 0 Å². The molecule has 0 amide bonds. The molecule has 0 spiro atoms. The Morgan fingerprint density at radius 3 is 2.81 bits per heavy atom. The second kappa shape index (κ2) is 9.37. The fraction of sp³-hybridized carbons (Fsp3) is 0.278. The summed E-state index contributed by atoms with van der Waals surface area (Å²) in [6, 6.07) is 12.1. The topological polar surface area (TPSA) is 91.1 Å². The molecule has 1 atom stereocenters. The maximum Gasteiger partial charge on any atom is 0.191 e. The van der Waals surface area contributed by atoms with Gasteiger partial charge in [0.1, 0.15) is 17.8 Å². The molecule has 7 nitrogen and oxygen atoms in total. The molecular weight excluding hydrogens is 443 g/mol. The first-order valence-corrected chi connectivity index (χ1v) is 8.14. The molecular formula is C18H23IN6O. The van der Waals surface area contributed by atoms with Gasteiger partial charge in [-0.3, -0.25) is 10.1 Å². The van der Waals surface area contributed by atoms with E-state index in [1.807, 2.05) is 38.1 Å². The lowest BCUT2D eigenvalue weighted by Crippen LogP contribution is -2.38. The van der Waals surface area contributed by atoms with Crippen molar-refractivity contribution >= 4 is 29.9 Å². The molecule has 8 heteroatoms. The van der Waals surface area contributed by atoms with Crippen LogP contribution in [0, 0.1) is 6.92 Å². The second-order valence-electron chi connectivity index (χ2n) is 5.77. The number of rotatable bonds is 5. The molecule has 26 heavy (non-hydrogen) atoms. The van der Waals surface area contributed by atoms with Gasteiger partial charge < -0.3 is 15.1 Å². The number of aromatic amines is 1. The van der Waals surface area contributed by atoms with Gasteiger partial charge in [-0.15, -0.1) is 24.0 Å². The number of halogens is 1. The zero-order valence-electron chi connectivity index (χ0n) is 15.0. The van der Waals surface area contributed by atoms with Gasteiger partial charge in [-0.05, 0) is 37.6 Å². The van der Waals surface area contributed by atoms with Crippen LogP contribution in [0.1, 0.15) is 30.0 Å². The quantitative estimate of drug-likeness (QED) is 0.305. The lowest BCUT2D eigenvalue weighted by Gasteiger charge is -2.16. The van der Waals surface area contributed by atoms with E-state index in [1.54, 1.807) is 7.05 Å². The Labute approximate surface area is 169 Å². The molecule has 0 aliphatic carbocycles. The fourth-order valence-corrected chi connectivity index (χ4v) is 2.52. The first-order valence-electron chi connectivity index (χ1n) is 8.14. The number of aliphatic imine (C=N–C) groups is 1. The molecule has 0 aliphatic heterocycles. The number of nitrogens with zero attached hydrogens (tertiary/aromatic N) is 3. The minimum absolute atomic E-state index is 0. The van der Waals surface area contributed by atoms with Crippen molar-refractivity contribution in [3.63, 3.8) is 0 Å². The van der Waals surface area contributed by atoms with Crippen molar-refractivity contribution in [3.8, 4) is 11.4 Å². The van der Waals surface area contributed by atoms with Gasteiger partial charge in [0.15, 0.2) is 11.8 Å². The zero-order valence-corrected chi connectivity index (χ0v) is 17.3. The Balaban J connectivity index is 0.00000243. The van der Waals surface area contributed by atoms with Gasteiger partial charge in [-0.2, -0.15) is 5.10 Å². The summed E-state index contributed by atoms with van der Waals surface area (Å²) in [5, 5.41) is 13.4. The smallest absolute Gasteiger partial charge is 0.191 e. The molecule has 0 saturated carbocycles. The number of benzene rings is 1. The summed E-state index contributed by atoms with van der Waals surface area (Å²) in [5.41, 5.74) is 2.12. The van der Waals surface area contributed by atoms with E-state index in [0.717, 1.165) is 28.5 Å². The van der Waals surface area contributed by atoms with Crippen LogP contribution >= 0.6 is 24.0 Å². The largest absolute Gasteiger partial charge is 0.464 e. The minimum atomic E-state index is 0. The third-order valence-electron chi connectivity index (χ3n) is 3.84. The van der Waals surface area contributed by atoms with E-state index in [9.17, 15) is 0 Å². The van der Waals surface area contributed by atoms with Crippen LogP contribution in [-0.4, -0.2) is 28.2 Å². The van der Waals surface area contributed by atoms with Gasteiger partial charge in [0.05, 0.1) is 6.04 Å². The highest BCUT2D eigenvalue weighted by atomic mass is 127. The summed E-state index contributed by atoms with van der Waals surface area (Å²) in [6.45, 7) is 4.62. The van der Waals surface area contributed by atoms with Crippen molar-refractivity contribution in [1.82, 2.24) is 25.8 Å². The highest BCUT2D eigenvalue weighted by Gasteiger charge is 2.11. The van der Waals surface area contributed by atoms with Crippen molar-refractivity contribution in [2.75, 3.05) is 7.05 Å². The SMILES string of the molecule is CN=C(NCc1cccc(-c2ncn[nH]2)c1)NC(C)c1ccc(C)o1.I. The minimum Gasteiger partial charge on any atom is -0.464 e. The van der Waals surface area contributed by atoms with E-state index in [2.05, 4.69) is 42.9 Å². The zero-order chi connectivity index (χ0) is 17.6. The van der Waals surface area contributed by atoms with Gasteiger partial charge >= 0.3 is 0 Å². The van der Waals surface area contributed by atoms with Gasteiger partial charge in [-0.1, -0.05) is 18.2 Å². The summed E-state index contributed by atoms with van der Waals surface area (Å²) < 4.78 is 5.65. The maximum absolute atomic E-state index is 5.65. The number of hydrogen-bond acceptors (Lipinski definition) is 4. The van der Waals surface area contributed by atoms with E-state index in [1.165, 1.54) is 6.33 Å². The summed E-state index contributed by atoms with van der Waals surface area (Å²) in [6.07, 6.45) is 1.50. The molecule has 3 aromatic rings. The van der Waals surface area contributed by atoms with E-state index >= 15 is 0 Å². The maximum atomic E-state index is 5.65. The number of nitrogens with one attached hydrogen (secondary N) is 3. The molecule has 0 saturated heterocycles. The molecule has 138 valence electrons. The summed E-state index contributed by atoms with van der Waals surface area (Å²) >= 11 is 0. The van der Waals surface area contributed by atoms with Crippen molar-refractivity contribution in [2.24, 2.45) is 4.99 Å². The van der Waals surface area contributed by atoms with Crippen molar-refractivity contribution in [3.05, 3.63) is 59.8 Å². The number of aryl methyl sites for hydroxylation is 1. The molecule has 3 N–H and O–H groups in total. The van der Waals surface area contributed by atoms with Crippen LogP contribution in [-0.2, 0) is 6.54 Å². The number of furan rings is 1. The molecule has 1 aromatic carbocycles. The summed E-state index contributed by atoms with van der Waals surface area (Å²) in [7, 11) is 1.75. The highest BCUT2D eigenvalue weighted by Crippen LogP contribution is 2.16. The van der Waals surface area contributed by atoms with Crippen molar-refractivity contribution in [2.45, 2.75) is 26.4 Å². The number of hydrogen-bond donors (Lipinski definition) is 3. The molecule has 2 heterocycles. The average Bonchev–Trinajstić information content (AvgIpc) is 3.30. The Morgan fingerprint density at radius 2 is 2.15 bits per heavy atom. The van der Waals surface area contributed by atoms with Gasteiger partial charge in [0.25, 0.3) is 0 Å². The van der Waals surface area contributed by atoms with E-state index in [-0.39, 0.29) is 30.0 Å². The van der Waals surface area contributed by atoms with E-state index in [0.29, 0.717) is 12.5 Å². The van der Waals surface area contributed by atoms with Gasteiger partial charge in [-0.25, -0.2) is 4.98 Å². The van der Waals surface area contributed by atoms with Crippen molar-refractivity contribution in [1.29, 1.82) is 0 Å². The Hall–Kier alpha value is -2.36. The number of H-pyrrole nitrogens is 1. The second-order valence-corrected chi connectivity index (χ2v) is 5.77. The van der Waals surface area contributed by atoms with Crippen LogP contribution in [0.5, 0.6) is 0 Å². The van der Waals surface area contributed by atoms with Crippen LogP contribution in [0.2, 0.25) is 0 Å². The standard InChI is InChI=1S/C18H22N6O.HI/c1-12-7-8-16(25-12)13(2)23-18(19-3)20-10-14-5-4-6-15(9-14)17-21-11-22-24-17;/h4-9,11,13H,10H2,1-3H3,(H2,19,20,23)(H,21,22,24);1H. The van der Waals surface area contributed by atoms with Crippen LogP contribution < -0.4 is 10.6 Å². The lowest BCUT2D eigenvalue weighted by atomic mass is 10.1. The van der Waals surface area contributed by atoms with Crippen LogP contribution in [0.15, 0.2) is 52.1 Å². The van der Waals surface area contributed by atoms with Gasteiger partial charge in [0, 0.05) is 19.2 Å². The Kier molecular flexibility index (Phi) is 7.19. The highest BCUT2D eigenvalue weighted by molar-refractivity contribution is 14.0. The van der Waals surface area contributed by atoms with Crippen LogP contribution in [0.25, 0.3) is 11.4 Å². The molecule has 0 bridgehead atoms. The molecule has 3 rings (SSSR count). The summed E-state index contributed by atoms with van der Waals surface area (Å²) in [4.78, 5) is 8.45. The molecule has 0 fully saturated rings. The molecule has 0 radical (unpaired) electrons. The first kappa shape index (κ1) is 20.0. The average molecular weight is 466 g/mol. The third-order valence-corrected chi connectivity index (χ3v) is 3.84. The Bertz CT molecular complexity index is 843. The predicted molar refractivity (Wildman–Crippen MR) is 112 cm³/mol. The third kappa shape index (κ3) is 5.07. The van der Waals surface area contributed by atoms with Crippen LogP contribution in [0.3, 0.4) is 0 Å². The Morgan fingerprint density at radius 1 is 1.31 bits per heavy atom.